The molecule has 2 atom stereocenters. The van der Waals surface area contributed by atoms with E-state index in [0.29, 0.717) is 22.2 Å². The second-order valence-electron chi connectivity index (χ2n) is 7.47. The number of aromatic amines is 1. The zero-order valence-electron chi connectivity index (χ0n) is 16.2. The summed E-state index contributed by atoms with van der Waals surface area (Å²) in [5, 5.41) is 24.2. The molecule has 2 aromatic carbocycles. The Labute approximate surface area is 179 Å². The van der Waals surface area contributed by atoms with E-state index in [1.165, 1.54) is 30.3 Å². The molecule has 0 fully saturated rings. The molecule has 31 heavy (non-hydrogen) atoms. The highest BCUT2D eigenvalue weighted by atomic mass is 35.5. The van der Waals surface area contributed by atoms with Gasteiger partial charge in [0.05, 0.1) is 16.6 Å². The summed E-state index contributed by atoms with van der Waals surface area (Å²) in [6, 6.07) is 8.44. The summed E-state index contributed by atoms with van der Waals surface area (Å²) in [5.41, 5.74) is -2.07. The molecular formula is C22H18ClF3N2O3. The fourth-order valence-corrected chi connectivity index (χ4v) is 4.20. The number of H-pyrrole nitrogens is 1. The number of halogens is 4. The summed E-state index contributed by atoms with van der Waals surface area (Å²) < 4.78 is 42.5. The van der Waals surface area contributed by atoms with Crippen LogP contribution in [-0.4, -0.2) is 27.0 Å². The van der Waals surface area contributed by atoms with Crippen LogP contribution in [0.3, 0.4) is 0 Å². The molecule has 9 heteroatoms. The Hall–Kier alpha value is -2.97. The third-order valence-electron chi connectivity index (χ3n) is 5.62. The molecular weight excluding hydrogens is 433 g/mol. The Balaban J connectivity index is 1.96. The maximum absolute atomic E-state index is 14.2. The van der Waals surface area contributed by atoms with Crippen molar-refractivity contribution < 1.29 is 23.4 Å². The maximum Gasteiger partial charge on any atom is 0.419 e. The number of allylic oxidation sites excluding steroid dienone is 1. The van der Waals surface area contributed by atoms with Crippen molar-refractivity contribution in [1.29, 1.82) is 0 Å². The summed E-state index contributed by atoms with van der Waals surface area (Å²) >= 11 is 6.02. The van der Waals surface area contributed by atoms with Crippen LogP contribution in [0, 0.1) is 0 Å². The first-order valence-electron chi connectivity index (χ1n) is 9.41. The van der Waals surface area contributed by atoms with Gasteiger partial charge >= 0.3 is 6.18 Å². The van der Waals surface area contributed by atoms with Crippen LogP contribution in [0.4, 0.5) is 18.9 Å². The molecule has 1 aromatic heterocycles. The number of aliphatic hydroxyl groups is 1. The highest BCUT2D eigenvalue weighted by Crippen LogP contribution is 2.53. The van der Waals surface area contributed by atoms with E-state index in [0.717, 1.165) is 0 Å². The van der Waals surface area contributed by atoms with Crippen LogP contribution in [0.1, 0.15) is 30.5 Å². The van der Waals surface area contributed by atoms with Gasteiger partial charge in [-0.1, -0.05) is 23.7 Å². The number of nitrogens with one attached hydrogen (secondary N) is 2. The van der Waals surface area contributed by atoms with Gasteiger partial charge in [-0.25, -0.2) is 0 Å². The lowest BCUT2D eigenvalue weighted by Crippen LogP contribution is -2.54. The number of aromatic nitrogens is 1. The number of pyridine rings is 1. The van der Waals surface area contributed by atoms with E-state index in [1.54, 1.807) is 25.1 Å². The van der Waals surface area contributed by atoms with Crippen molar-refractivity contribution in [3.63, 3.8) is 0 Å². The van der Waals surface area contributed by atoms with Crippen molar-refractivity contribution in [2.24, 2.45) is 0 Å². The first-order valence-corrected chi connectivity index (χ1v) is 9.78. The van der Waals surface area contributed by atoms with E-state index in [4.69, 9.17) is 11.6 Å². The Morgan fingerprint density at radius 2 is 2.00 bits per heavy atom. The lowest BCUT2D eigenvalue weighted by Gasteiger charge is -2.44. The topological polar surface area (TPSA) is 85.4 Å². The van der Waals surface area contributed by atoms with E-state index >= 15 is 0 Å². The number of fused-ring (bicyclic) bond motifs is 2. The predicted molar refractivity (Wildman–Crippen MR) is 113 cm³/mol. The summed E-state index contributed by atoms with van der Waals surface area (Å²) in [4.78, 5) is 14.2. The van der Waals surface area contributed by atoms with Crippen molar-refractivity contribution in [2.45, 2.75) is 31.2 Å². The Bertz CT molecular complexity index is 1270. The van der Waals surface area contributed by atoms with Gasteiger partial charge in [-0.05, 0) is 54.0 Å². The van der Waals surface area contributed by atoms with Gasteiger partial charge in [0.1, 0.15) is 5.75 Å². The van der Waals surface area contributed by atoms with Gasteiger partial charge in [0, 0.05) is 23.6 Å². The lowest BCUT2D eigenvalue weighted by atomic mass is 9.73. The average molecular weight is 451 g/mol. The van der Waals surface area contributed by atoms with E-state index in [9.17, 15) is 28.2 Å². The van der Waals surface area contributed by atoms with Gasteiger partial charge in [-0.2, -0.15) is 13.2 Å². The molecule has 0 amide bonds. The predicted octanol–water partition coefficient (Wildman–Crippen LogP) is 5.14. The first kappa shape index (κ1) is 21.3. The molecule has 0 unspecified atom stereocenters. The summed E-state index contributed by atoms with van der Waals surface area (Å²) in [6.45, 7) is 1.57. The van der Waals surface area contributed by atoms with Gasteiger partial charge in [0.25, 0.3) is 0 Å². The molecule has 1 heterocycles. The number of hydrogen-bond donors (Lipinski definition) is 4. The van der Waals surface area contributed by atoms with Gasteiger partial charge in [0.15, 0.2) is 5.60 Å². The Morgan fingerprint density at radius 1 is 1.26 bits per heavy atom. The SMILES string of the molecule is CC=C1C[C@](O)(C(F)(F)F)[C@H](Nc2cccc3[nH]c(=O)ccc23)c2cc(Cl)c(O)cc21. The van der Waals surface area contributed by atoms with Crippen LogP contribution < -0.4 is 10.9 Å². The quantitative estimate of drug-likeness (QED) is 0.435. The number of aromatic hydroxyl groups is 1. The van der Waals surface area contributed by atoms with Gasteiger partial charge in [0.2, 0.25) is 5.56 Å². The van der Waals surface area contributed by atoms with Crippen LogP contribution in [0.5, 0.6) is 5.75 Å². The third-order valence-corrected chi connectivity index (χ3v) is 5.92. The molecule has 0 aliphatic heterocycles. The number of hydrogen-bond acceptors (Lipinski definition) is 4. The Morgan fingerprint density at radius 3 is 2.68 bits per heavy atom. The minimum atomic E-state index is -4.97. The van der Waals surface area contributed by atoms with Crippen LogP contribution in [-0.2, 0) is 0 Å². The van der Waals surface area contributed by atoms with Crippen molar-refractivity contribution in [1.82, 2.24) is 4.98 Å². The number of phenolic OH excluding ortho intramolecular Hbond substituents is 1. The van der Waals surface area contributed by atoms with E-state index in [-0.39, 0.29) is 27.5 Å². The summed E-state index contributed by atoms with van der Waals surface area (Å²) in [6.07, 6.45) is -4.21. The third kappa shape index (κ3) is 3.45. The van der Waals surface area contributed by atoms with Crippen molar-refractivity contribution in [3.8, 4) is 5.75 Å². The normalized spacial score (nSPS) is 22.5. The minimum absolute atomic E-state index is 0.100. The van der Waals surface area contributed by atoms with Crippen LogP contribution >= 0.6 is 11.6 Å². The molecule has 4 rings (SSSR count). The number of anilines is 1. The molecule has 0 radical (unpaired) electrons. The van der Waals surface area contributed by atoms with Crippen molar-refractivity contribution >= 4 is 33.8 Å². The number of phenols is 1. The van der Waals surface area contributed by atoms with Crippen molar-refractivity contribution in [3.05, 3.63) is 75.0 Å². The smallest absolute Gasteiger partial charge is 0.419 e. The fraction of sp³-hybridized carbons (Fsp3) is 0.227. The van der Waals surface area contributed by atoms with E-state index < -0.39 is 24.2 Å². The second-order valence-corrected chi connectivity index (χ2v) is 7.88. The van der Waals surface area contributed by atoms with Gasteiger partial charge < -0.3 is 20.5 Å². The molecule has 3 aromatic rings. The van der Waals surface area contributed by atoms with E-state index in [1.807, 2.05) is 0 Å². The number of benzene rings is 2. The van der Waals surface area contributed by atoms with Crippen LogP contribution in [0.25, 0.3) is 16.5 Å². The second kappa shape index (κ2) is 7.32. The molecule has 0 saturated carbocycles. The number of alkyl halides is 3. The molecule has 0 spiro atoms. The van der Waals surface area contributed by atoms with Crippen molar-refractivity contribution in [2.75, 3.05) is 5.32 Å². The zero-order valence-corrected chi connectivity index (χ0v) is 17.0. The molecule has 4 N–H and O–H groups in total. The number of rotatable bonds is 2. The van der Waals surface area contributed by atoms with Crippen LogP contribution in [0.15, 0.2) is 53.3 Å². The standard InChI is InChI=1S/C22H18ClF3N2O3/c1-2-11-10-21(31,22(24,25)26)20(14-8-15(23)18(29)9-13(11)14)28-17-5-3-4-16-12(17)6-7-19(30)27-16/h2-9,20,28-29,31H,10H2,1H3,(H,27,30)/t20-,21-/m1/s1. The Kier molecular flexibility index (Phi) is 5.02. The molecule has 5 nitrogen and oxygen atoms in total. The lowest BCUT2D eigenvalue weighted by molar-refractivity contribution is -0.265. The molecule has 162 valence electrons. The average Bonchev–Trinajstić information content (AvgIpc) is 2.70. The monoisotopic (exact) mass is 450 g/mol. The summed E-state index contributed by atoms with van der Waals surface area (Å²) in [7, 11) is 0. The minimum Gasteiger partial charge on any atom is -0.506 e. The fourth-order valence-electron chi connectivity index (χ4n) is 4.03. The first-order chi connectivity index (χ1) is 14.5. The van der Waals surface area contributed by atoms with Crippen LogP contribution in [0.2, 0.25) is 5.02 Å². The molecule has 1 aliphatic carbocycles. The highest BCUT2D eigenvalue weighted by Gasteiger charge is 2.61. The zero-order chi connectivity index (χ0) is 22.6. The summed E-state index contributed by atoms with van der Waals surface area (Å²) in [5.74, 6) is -0.265. The largest absolute Gasteiger partial charge is 0.506 e. The van der Waals surface area contributed by atoms with E-state index in [2.05, 4.69) is 10.3 Å². The molecule has 0 saturated heterocycles. The molecule has 0 bridgehead atoms. The highest BCUT2D eigenvalue weighted by molar-refractivity contribution is 6.32. The maximum atomic E-state index is 14.2. The molecule has 1 aliphatic rings. The van der Waals surface area contributed by atoms with Gasteiger partial charge in [-0.3, -0.25) is 4.79 Å². The van der Waals surface area contributed by atoms with Gasteiger partial charge in [-0.15, -0.1) is 0 Å².